The van der Waals surface area contributed by atoms with Gasteiger partial charge in [-0.1, -0.05) is 13.0 Å². The smallest absolute Gasteiger partial charge is 0.0545 e. The summed E-state index contributed by atoms with van der Waals surface area (Å²) in [5, 5.41) is 12.5. The molecule has 1 aromatic heterocycles. The van der Waals surface area contributed by atoms with Gasteiger partial charge in [-0.25, -0.2) is 0 Å². The van der Waals surface area contributed by atoms with E-state index in [1.807, 2.05) is 25.1 Å². The lowest BCUT2D eigenvalue weighted by Gasteiger charge is -2.29. The van der Waals surface area contributed by atoms with Gasteiger partial charge in [0.25, 0.3) is 0 Å². The first-order valence-corrected chi connectivity index (χ1v) is 5.88. The maximum Gasteiger partial charge on any atom is 0.0545 e. The van der Waals surface area contributed by atoms with Crippen molar-refractivity contribution in [3.63, 3.8) is 0 Å². The number of aryl methyl sites for hydroxylation is 1. The predicted molar refractivity (Wildman–Crippen MR) is 66.2 cm³/mol. The van der Waals surface area contributed by atoms with Crippen LogP contribution in [0.1, 0.15) is 38.1 Å². The van der Waals surface area contributed by atoms with Gasteiger partial charge in [0, 0.05) is 24.4 Å². The summed E-state index contributed by atoms with van der Waals surface area (Å²) in [6, 6.07) is 6.04. The molecule has 0 amide bonds. The third kappa shape index (κ3) is 3.91. The van der Waals surface area contributed by atoms with Crippen LogP contribution in [0, 0.1) is 6.92 Å². The van der Waals surface area contributed by atoms with Crippen molar-refractivity contribution in [2.75, 3.05) is 6.61 Å². The molecule has 16 heavy (non-hydrogen) atoms. The van der Waals surface area contributed by atoms with E-state index in [1.165, 1.54) is 0 Å². The fourth-order valence-electron chi connectivity index (χ4n) is 1.64. The van der Waals surface area contributed by atoms with Crippen LogP contribution in [0.5, 0.6) is 0 Å². The summed E-state index contributed by atoms with van der Waals surface area (Å²) in [4.78, 5) is 4.45. The van der Waals surface area contributed by atoms with E-state index in [-0.39, 0.29) is 12.1 Å². The first kappa shape index (κ1) is 13.1. The highest BCUT2D eigenvalue weighted by atomic mass is 16.3. The first-order valence-electron chi connectivity index (χ1n) is 5.88. The van der Waals surface area contributed by atoms with Crippen LogP contribution in [0.3, 0.4) is 0 Å². The zero-order chi connectivity index (χ0) is 12.0. The zero-order valence-electron chi connectivity index (χ0n) is 10.5. The number of rotatable bonds is 6. The van der Waals surface area contributed by atoms with Gasteiger partial charge in [-0.3, -0.25) is 4.98 Å². The second kappa shape index (κ2) is 5.97. The van der Waals surface area contributed by atoms with Crippen molar-refractivity contribution in [3.8, 4) is 0 Å². The number of pyridine rings is 1. The van der Waals surface area contributed by atoms with E-state index in [0.717, 1.165) is 30.8 Å². The Bertz CT molecular complexity index is 327. The van der Waals surface area contributed by atoms with Crippen LogP contribution in [-0.4, -0.2) is 22.2 Å². The third-order valence-corrected chi connectivity index (χ3v) is 3.09. The molecule has 0 saturated heterocycles. The quantitative estimate of drug-likeness (QED) is 0.774. The third-order valence-electron chi connectivity index (χ3n) is 3.09. The van der Waals surface area contributed by atoms with Crippen LogP contribution in [0.4, 0.5) is 0 Å². The molecular formula is C13H22N2O. The molecule has 2 N–H and O–H groups in total. The number of hydrogen-bond donors (Lipinski definition) is 2. The van der Waals surface area contributed by atoms with Gasteiger partial charge in [0.2, 0.25) is 0 Å². The molecule has 0 aliphatic carbocycles. The summed E-state index contributed by atoms with van der Waals surface area (Å²) in [6.07, 6.45) is 1.77. The van der Waals surface area contributed by atoms with Crippen LogP contribution in [0.15, 0.2) is 18.2 Å². The van der Waals surface area contributed by atoms with Crippen molar-refractivity contribution in [2.45, 2.75) is 45.7 Å². The number of aliphatic hydroxyl groups excluding tert-OH is 1. The summed E-state index contributed by atoms with van der Waals surface area (Å²) in [5.41, 5.74) is 2.09. The minimum Gasteiger partial charge on any atom is -0.396 e. The van der Waals surface area contributed by atoms with Gasteiger partial charge in [-0.2, -0.15) is 0 Å². The van der Waals surface area contributed by atoms with Gasteiger partial charge < -0.3 is 10.4 Å². The first-order chi connectivity index (χ1) is 7.59. The number of nitrogens with zero attached hydrogens (tertiary/aromatic N) is 1. The van der Waals surface area contributed by atoms with E-state index < -0.39 is 0 Å². The molecule has 0 aliphatic heterocycles. The number of aliphatic hydroxyl groups is 1. The second-order valence-electron chi connectivity index (χ2n) is 4.51. The number of nitrogens with one attached hydrogen (secondary N) is 1. The highest BCUT2D eigenvalue weighted by Crippen LogP contribution is 2.14. The molecule has 0 spiro atoms. The molecule has 1 unspecified atom stereocenters. The number of aromatic nitrogens is 1. The molecule has 1 atom stereocenters. The topological polar surface area (TPSA) is 45.1 Å². The van der Waals surface area contributed by atoms with Gasteiger partial charge in [0.15, 0.2) is 0 Å². The van der Waals surface area contributed by atoms with Crippen molar-refractivity contribution in [1.29, 1.82) is 0 Å². The van der Waals surface area contributed by atoms with E-state index in [9.17, 15) is 0 Å². The summed E-state index contributed by atoms with van der Waals surface area (Å²) in [6.45, 7) is 7.24. The summed E-state index contributed by atoms with van der Waals surface area (Å²) < 4.78 is 0. The molecule has 3 heteroatoms. The lowest BCUT2D eigenvalue weighted by molar-refractivity contribution is 0.214. The van der Waals surface area contributed by atoms with E-state index in [0.29, 0.717) is 0 Å². The van der Waals surface area contributed by atoms with Crippen molar-refractivity contribution in [2.24, 2.45) is 0 Å². The van der Waals surface area contributed by atoms with Crippen molar-refractivity contribution >= 4 is 0 Å². The molecular weight excluding hydrogens is 200 g/mol. The predicted octanol–water partition coefficient (Wildman–Crippen LogP) is 2.03. The largest absolute Gasteiger partial charge is 0.396 e. The molecule has 1 aromatic rings. The van der Waals surface area contributed by atoms with Gasteiger partial charge in [0.05, 0.1) is 5.69 Å². The molecule has 3 nitrogen and oxygen atoms in total. The van der Waals surface area contributed by atoms with Crippen molar-refractivity contribution < 1.29 is 5.11 Å². The highest BCUT2D eigenvalue weighted by molar-refractivity contribution is 5.10. The van der Waals surface area contributed by atoms with Crippen molar-refractivity contribution in [3.05, 3.63) is 29.6 Å². The van der Waals surface area contributed by atoms with Crippen LogP contribution < -0.4 is 5.32 Å². The monoisotopic (exact) mass is 222 g/mol. The summed E-state index contributed by atoms with van der Waals surface area (Å²) in [5.74, 6) is 0. The van der Waals surface area contributed by atoms with Crippen LogP contribution in [0.2, 0.25) is 0 Å². The lowest BCUT2D eigenvalue weighted by atomic mass is 9.95. The Morgan fingerprint density at radius 2 is 2.19 bits per heavy atom. The van der Waals surface area contributed by atoms with Crippen LogP contribution in [0.25, 0.3) is 0 Å². The maximum absolute atomic E-state index is 9.02. The average Bonchev–Trinajstić information content (AvgIpc) is 2.27. The SMILES string of the molecule is CCC(C)(CCO)NCc1cccc(C)n1. The normalized spacial score (nSPS) is 14.8. The Kier molecular flexibility index (Phi) is 4.90. The van der Waals surface area contributed by atoms with E-state index in [4.69, 9.17) is 5.11 Å². The molecule has 0 radical (unpaired) electrons. The average molecular weight is 222 g/mol. The van der Waals surface area contributed by atoms with E-state index in [1.54, 1.807) is 0 Å². The molecule has 0 bridgehead atoms. The Balaban J connectivity index is 2.55. The summed E-state index contributed by atoms with van der Waals surface area (Å²) in [7, 11) is 0. The fourth-order valence-corrected chi connectivity index (χ4v) is 1.64. The molecule has 0 saturated carbocycles. The van der Waals surface area contributed by atoms with Gasteiger partial charge in [-0.15, -0.1) is 0 Å². The minimum absolute atomic E-state index is 0.000175. The summed E-state index contributed by atoms with van der Waals surface area (Å²) >= 11 is 0. The minimum atomic E-state index is 0.000175. The van der Waals surface area contributed by atoms with E-state index in [2.05, 4.69) is 24.1 Å². The maximum atomic E-state index is 9.02. The Labute approximate surface area is 97.9 Å². The number of hydrogen-bond acceptors (Lipinski definition) is 3. The fraction of sp³-hybridized carbons (Fsp3) is 0.615. The van der Waals surface area contributed by atoms with Crippen LogP contribution in [-0.2, 0) is 6.54 Å². The Morgan fingerprint density at radius 3 is 2.75 bits per heavy atom. The highest BCUT2D eigenvalue weighted by Gasteiger charge is 2.20. The molecule has 90 valence electrons. The van der Waals surface area contributed by atoms with E-state index >= 15 is 0 Å². The standard InChI is InChI=1S/C13H22N2O/c1-4-13(3,8-9-16)14-10-12-7-5-6-11(2)15-12/h5-7,14,16H,4,8-10H2,1-3H3. The molecule has 0 fully saturated rings. The Morgan fingerprint density at radius 1 is 1.44 bits per heavy atom. The van der Waals surface area contributed by atoms with Gasteiger partial charge in [0.1, 0.15) is 0 Å². The molecule has 1 rings (SSSR count). The zero-order valence-corrected chi connectivity index (χ0v) is 10.5. The van der Waals surface area contributed by atoms with Crippen molar-refractivity contribution in [1.82, 2.24) is 10.3 Å². The Hall–Kier alpha value is -0.930. The molecule has 0 aromatic carbocycles. The van der Waals surface area contributed by atoms with Gasteiger partial charge in [-0.05, 0) is 38.8 Å². The molecule has 1 heterocycles. The molecule has 0 aliphatic rings. The van der Waals surface area contributed by atoms with Gasteiger partial charge >= 0.3 is 0 Å². The lowest BCUT2D eigenvalue weighted by Crippen LogP contribution is -2.42. The second-order valence-corrected chi connectivity index (χ2v) is 4.51. The van der Waals surface area contributed by atoms with Crippen LogP contribution >= 0.6 is 0 Å².